The maximum Gasteiger partial charge on any atom is 0.360 e. The van der Waals surface area contributed by atoms with Crippen LogP contribution in [0.3, 0.4) is 0 Å². The first-order chi connectivity index (χ1) is 9.07. The Kier molecular flexibility index (Phi) is 4.24. The van der Waals surface area contributed by atoms with Crippen LogP contribution in [0, 0.1) is 0 Å². The molecule has 0 saturated carbocycles. The van der Waals surface area contributed by atoms with Gasteiger partial charge in [0.05, 0.1) is 12.8 Å². The third kappa shape index (κ3) is 2.67. The van der Waals surface area contributed by atoms with Crippen molar-refractivity contribution in [1.29, 1.82) is 0 Å². The Hall–Kier alpha value is -1.89. The molecule has 112 valence electrons. The smallest absolute Gasteiger partial charge is 0.360 e. The Morgan fingerprint density at radius 3 is 2.35 bits per heavy atom. The summed E-state index contributed by atoms with van der Waals surface area (Å²) in [4.78, 5) is 27.7. The van der Waals surface area contributed by atoms with Crippen molar-refractivity contribution in [2.45, 2.75) is 45.3 Å². The molecular formula is C13H20N2O5. The van der Waals surface area contributed by atoms with Gasteiger partial charge in [-0.15, -0.1) is 0 Å². The third-order valence-electron chi connectivity index (χ3n) is 2.73. The number of aliphatic imine (C=N–C) groups is 1. The second-order valence-electron chi connectivity index (χ2n) is 5.41. The summed E-state index contributed by atoms with van der Waals surface area (Å²) < 4.78 is 9.70. The molecule has 1 aliphatic rings. The molecule has 0 fully saturated rings. The van der Waals surface area contributed by atoms with Crippen LogP contribution < -0.4 is 5.73 Å². The van der Waals surface area contributed by atoms with E-state index < -0.39 is 28.8 Å². The van der Waals surface area contributed by atoms with Crippen molar-refractivity contribution in [3.63, 3.8) is 0 Å². The van der Waals surface area contributed by atoms with Gasteiger partial charge in [-0.05, 0) is 27.2 Å². The van der Waals surface area contributed by atoms with Gasteiger partial charge in [-0.2, -0.15) is 0 Å². The summed E-state index contributed by atoms with van der Waals surface area (Å²) in [5.74, 6) is -2.36. The van der Waals surface area contributed by atoms with Crippen molar-refractivity contribution < 1.29 is 24.2 Å². The van der Waals surface area contributed by atoms with Crippen LogP contribution >= 0.6 is 0 Å². The van der Waals surface area contributed by atoms with Crippen LogP contribution in [0.15, 0.2) is 16.4 Å². The van der Waals surface area contributed by atoms with Gasteiger partial charge in [0.15, 0.2) is 11.5 Å². The van der Waals surface area contributed by atoms with Gasteiger partial charge in [0.25, 0.3) is 0 Å². The Morgan fingerprint density at radius 2 is 1.95 bits per heavy atom. The van der Waals surface area contributed by atoms with Crippen LogP contribution in [-0.4, -0.2) is 41.0 Å². The van der Waals surface area contributed by atoms with E-state index in [1.54, 1.807) is 27.7 Å². The van der Waals surface area contributed by atoms with Gasteiger partial charge in [0, 0.05) is 0 Å². The van der Waals surface area contributed by atoms with Gasteiger partial charge in [0.1, 0.15) is 5.60 Å². The first-order valence-corrected chi connectivity index (χ1v) is 6.20. The second-order valence-corrected chi connectivity index (χ2v) is 5.41. The van der Waals surface area contributed by atoms with Crippen LogP contribution in [-0.2, 0) is 19.1 Å². The SMILES string of the molecule is CCC1=NC(C(=O)OC)=C(O)C1(N)C(=O)OC(C)(C)C. The minimum atomic E-state index is -1.94. The van der Waals surface area contributed by atoms with Gasteiger partial charge in [0.2, 0.25) is 5.54 Å². The fraction of sp³-hybridized carbons (Fsp3) is 0.615. The zero-order chi connectivity index (χ0) is 15.7. The molecule has 1 heterocycles. The Bertz CT molecular complexity index is 501. The fourth-order valence-corrected chi connectivity index (χ4v) is 1.77. The van der Waals surface area contributed by atoms with Gasteiger partial charge in [-0.25, -0.2) is 14.6 Å². The summed E-state index contributed by atoms with van der Waals surface area (Å²) in [6.07, 6.45) is 0.278. The highest BCUT2D eigenvalue weighted by Gasteiger charge is 2.52. The van der Waals surface area contributed by atoms with Gasteiger partial charge >= 0.3 is 11.9 Å². The first-order valence-electron chi connectivity index (χ1n) is 6.20. The average molecular weight is 284 g/mol. The lowest BCUT2D eigenvalue weighted by molar-refractivity contribution is -0.158. The molecule has 0 bridgehead atoms. The van der Waals surface area contributed by atoms with E-state index in [4.69, 9.17) is 10.5 Å². The summed E-state index contributed by atoms with van der Waals surface area (Å²) in [6, 6.07) is 0. The molecule has 1 unspecified atom stereocenters. The number of methoxy groups -OCH3 is 1. The van der Waals surface area contributed by atoms with Crippen LogP contribution in [0.1, 0.15) is 34.1 Å². The Balaban J connectivity index is 3.26. The van der Waals surface area contributed by atoms with Crippen LogP contribution in [0.5, 0.6) is 0 Å². The third-order valence-corrected chi connectivity index (χ3v) is 2.73. The van der Waals surface area contributed by atoms with Crippen molar-refractivity contribution in [2.75, 3.05) is 7.11 Å². The molecule has 0 spiro atoms. The van der Waals surface area contributed by atoms with Gasteiger partial charge in [-0.3, -0.25) is 0 Å². The van der Waals surface area contributed by atoms with E-state index in [0.717, 1.165) is 7.11 Å². The number of hydrogen-bond acceptors (Lipinski definition) is 7. The topological polar surface area (TPSA) is 111 Å². The summed E-state index contributed by atoms with van der Waals surface area (Å²) in [7, 11) is 1.15. The molecule has 1 atom stereocenters. The number of carbonyl (C=O) groups is 2. The molecule has 0 aromatic rings. The van der Waals surface area contributed by atoms with E-state index in [1.165, 1.54) is 0 Å². The van der Waals surface area contributed by atoms with Gasteiger partial charge in [-0.1, -0.05) is 6.92 Å². The summed E-state index contributed by atoms with van der Waals surface area (Å²) in [5, 5.41) is 10.1. The monoisotopic (exact) mass is 284 g/mol. The number of hydrogen-bond donors (Lipinski definition) is 2. The van der Waals surface area contributed by atoms with Crippen LogP contribution in [0.2, 0.25) is 0 Å². The van der Waals surface area contributed by atoms with E-state index in [9.17, 15) is 14.7 Å². The van der Waals surface area contributed by atoms with E-state index in [2.05, 4.69) is 9.73 Å². The number of aliphatic hydroxyl groups is 1. The van der Waals surface area contributed by atoms with Crippen molar-refractivity contribution >= 4 is 17.7 Å². The normalized spacial score (nSPS) is 22.6. The Labute approximate surface area is 117 Å². The van der Waals surface area contributed by atoms with E-state index in [0.29, 0.717) is 0 Å². The zero-order valence-electron chi connectivity index (χ0n) is 12.3. The maximum absolute atomic E-state index is 12.2. The predicted octanol–water partition coefficient (Wildman–Crippen LogP) is 0.833. The minimum absolute atomic E-state index is 0.157. The molecule has 0 aromatic heterocycles. The lowest BCUT2D eigenvalue weighted by atomic mass is 9.91. The maximum atomic E-state index is 12.2. The number of ether oxygens (including phenoxy) is 2. The molecule has 0 radical (unpaired) electrons. The standard InChI is InChI=1S/C13H20N2O5/c1-6-7-13(14,11(18)20-12(2,3)4)9(16)8(15-7)10(17)19-5/h16H,6,14H2,1-5H3. The summed E-state index contributed by atoms with van der Waals surface area (Å²) in [5.41, 5.74) is 3.04. The van der Waals surface area contributed by atoms with E-state index in [1.807, 2.05) is 0 Å². The second kappa shape index (κ2) is 5.24. The fourth-order valence-electron chi connectivity index (χ4n) is 1.77. The van der Waals surface area contributed by atoms with Crippen molar-refractivity contribution in [1.82, 2.24) is 0 Å². The summed E-state index contributed by atoms with van der Waals surface area (Å²) in [6.45, 7) is 6.73. The highest BCUT2D eigenvalue weighted by molar-refractivity contribution is 6.18. The molecule has 7 heteroatoms. The number of rotatable bonds is 3. The highest BCUT2D eigenvalue weighted by Crippen LogP contribution is 2.30. The van der Waals surface area contributed by atoms with Crippen molar-refractivity contribution in [3.8, 4) is 0 Å². The summed E-state index contributed by atoms with van der Waals surface area (Å²) >= 11 is 0. The molecule has 3 N–H and O–H groups in total. The predicted molar refractivity (Wildman–Crippen MR) is 72.2 cm³/mol. The number of esters is 2. The van der Waals surface area contributed by atoms with Crippen LogP contribution in [0.4, 0.5) is 0 Å². The van der Waals surface area contributed by atoms with E-state index in [-0.39, 0.29) is 17.8 Å². The molecule has 0 amide bonds. The van der Waals surface area contributed by atoms with Gasteiger partial charge < -0.3 is 20.3 Å². The number of nitrogens with two attached hydrogens (primary N) is 1. The Morgan fingerprint density at radius 1 is 1.40 bits per heavy atom. The number of nitrogens with zero attached hydrogens (tertiary/aromatic N) is 1. The molecule has 0 saturated heterocycles. The quantitative estimate of drug-likeness (QED) is 0.743. The van der Waals surface area contributed by atoms with Crippen molar-refractivity contribution in [2.24, 2.45) is 10.7 Å². The molecule has 0 aliphatic carbocycles. The average Bonchev–Trinajstić information content (AvgIpc) is 2.60. The molecular weight excluding hydrogens is 264 g/mol. The number of aliphatic hydroxyl groups excluding tert-OH is 1. The first kappa shape index (κ1) is 16.2. The molecule has 20 heavy (non-hydrogen) atoms. The molecule has 1 rings (SSSR count). The zero-order valence-corrected chi connectivity index (χ0v) is 12.3. The molecule has 0 aromatic carbocycles. The minimum Gasteiger partial charge on any atom is -0.507 e. The lowest BCUT2D eigenvalue weighted by Gasteiger charge is -2.28. The highest BCUT2D eigenvalue weighted by atomic mass is 16.6. The molecule has 1 aliphatic heterocycles. The largest absolute Gasteiger partial charge is 0.507 e. The van der Waals surface area contributed by atoms with Crippen LogP contribution in [0.25, 0.3) is 0 Å². The van der Waals surface area contributed by atoms with Crippen molar-refractivity contribution in [3.05, 3.63) is 11.5 Å². The van der Waals surface area contributed by atoms with E-state index >= 15 is 0 Å². The number of carbonyl (C=O) groups excluding carboxylic acids is 2. The lowest BCUT2D eigenvalue weighted by Crippen LogP contribution is -2.57. The molecule has 7 nitrogen and oxygen atoms in total.